The summed E-state index contributed by atoms with van der Waals surface area (Å²) < 4.78 is 0.996. The van der Waals surface area contributed by atoms with Gasteiger partial charge in [0.2, 0.25) is 5.91 Å². The molecule has 106 valence electrons. The van der Waals surface area contributed by atoms with Crippen LogP contribution < -0.4 is 10.6 Å². The molecule has 2 N–H and O–H groups in total. The zero-order valence-corrected chi connectivity index (χ0v) is 13.8. The van der Waals surface area contributed by atoms with E-state index < -0.39 is 0 Å². The van der Waals surface area contributed by atoms with Crippen LogP contribution in [0.25, 0.3) is 0 Å². The number of thiophene rings is 1. The van der Waals surface area contributed by atoms with Crippen molar-refractivity contribution in [2.75, 3.05) is 11.9 Å². The van der Waals surface area contributed by atoms with E-state index in [9.17, 15) is 4.79 Å². The molecule has 1 unspecified atom stereocenters. The van der Waals surface area contributed by atoms with Gasteiger partial charge in [-0.15, -0.1) is 11.3 Å². The number of carbonyl (C=O) groups excluding carboxylic acids is 1. The van der Waals surface area contributed by atoms with Crippen molar-refractivity contribution >= 4 is 38.9 Å². The summed E-state index contributed by atoms with van der Waals surface area (Å²) in [6.45, 7) is 4.45. The third-order valence-electron chi connectivity index (χ3n) is 2.88. The van der Waals surface area contributed by atoms with E-state index in [2.05, 4.69) is 52.5 Å². The largest absolute Gasteiger partial charge is 0.325 e. The van der Waals surface area contributed by atoms with Crippen LogP contribution in [0, 0.1) is 6.92 Å². The average molecular weight is 353 g/mol. The fraction of sp³-hybridized carbons (Fsp3) is 0.267. The molecule has 1 aromatic heterocycles. The first-order valence-electron chi connectivity index (χ1n) is 6.40. The van der Waals surface area contributed by atoms with Crippen LogP contribution in [0.2, 0.25) is 0 Å². The maximum atomic E-state index is 11.9. The normalized spacial score (nSPS) is 12.2. The molecule has 1 amide bonds. The molecular weight excluding hydrogens is 336 g/mol. The lowest BCUT2D eigenvalue weighted by atomic mass is 10.2. The minimum absolute atomic E-state index is 0.0348. The average Bonchev–Trinajstić information content (AvgIpc) is 2.85. The molecular formula is C15H17BrN2OS. The van der Waals surface area contributed by atoms with E-state index in [0.717, 1.165) is 10.2 Å². The fourth-order valence-electron chi connectivity index (χ4n) is 1.77. The van der Waals surface area contributed by atoms with Crippen molar-refractivity contribution in [3.05, 3.63) is 50.6 Å². The molecule has 0 radical (unpaired) electrons. The molecule has 0 spiro atoms. The highest BCUT2D eigenvalue weighted by Gasteiger charge is 2.09. The van der Waals surface area contributed by atoms with Crippen LogP contribution in [0.15, 0.2) is 40.9 Å². The number of rotatable bonds is 5. The van der Waals surface area contributed by atoms with Gasteiger partial charge in [0.1, 0.15) is 0 Å². The summed E-state index contributed by atoms with van der Waals surface area (Å²) in [5, 5.41) is 6.10. The van der Waals surface area contributed by atoms with Gasteiger partial charge in [-0.25, -0.2) is 0 Å². The molecule has 2 aromatic rings. The van der Waals surface area contributed by atoms with Crippen LogP contribution in [0.5, 0.6) is 0 Å². The minimum atomic E-state index is -0.0348. The maximum absolute atomic E-state index is 11.9. The van der Waals surface area contributed by atoms with Crippen molar-refractivity contribution in [1.82, 2.24) is 5.32 Å². The lowest BCUT2D eigenvalue weighted by Crippen LogP contribution is -2.29. The van der Waals surface area contributed by atoms with Crippen molar-refractivity contribution < 1.29 is 4.79 Å². The molecule has 0 bridgehead atoms. The molecule has 0 saturated carbocycles. The molecule has 0 aliphatic heterocycles. The van der Waals surface area contributed by atoms with Crippen LogP contribution in [-0.4, -0.2) is 12.5 Å². The third kappa shape index (κ3) is 4.44. The second kappa shape index (κ2) is 7.02. The van der Waals surface area contributed by atoms with Gasteiger partial charge < -0.3 is 10.6 Å². The summed E-state index contributed by atoms with van der Waals surface area (Å²) in [5.41, 5.74) is 0.805. The van der Waals surface area contributed by atoms with Gasteiger partial charge in [0.15, 0.2) is 0 Å². The lowest BCUT2D eigenvalue weighted by molar-refractivity contribution is -0.115. The highest BCUT2D eigenvalue weighted by Crippen LogP contribution is 2.22. The van der Waals surface area contributed by atoms with E-state index in [4.69, 9.17) is 0 Å². The standard InChI is InChI=1S/C15H17BrN2OS/c1-10-3-8-14(20-10)11(2)17-9-15(19)18-13-6-4-12(16)5-7-13/h3-8,11,17H,9H2,1-2H3,(H,18,19). The van der Waals surface area contributed by atoms with E-state index in [1.54, 1.807) is 11.3 Å². The predicted octanol–water partition coefficient (Wildman–Crippen LogP) is 4.11. The van der Waals surface area contributed by atoms with E-state index in [1.807, 2.05) is 24.3 Å². The zero-order chi connectivity index (χ0) is 14.5. The predicted molar refractivity (Wildman–Crippen MR) is 88.2 cm³/mol. The number of amides is 1. The van der Waals surface area contributed by atoms with E-state index in [0.29, 0.717) is 6.54 Å². The SMILES string of the molecule is Cc1ccc(C(C)NCC(=O)Nc2ccc(Br)cc2)s1. The Bertz CT molecular complexity index is 580. The Morgan fingerprint density at radius 1 is 1.25 bits per heavy atom. The first-order valence-corrected chi connectivity index (χ1v) is 8.00. The number of carbonyl (C=O) groups is 1. The van der Waals surface area contributed by atoms with Crippen LogP contribution in [-0.2, 0) is 4.79 Å². The van der Waals surface area contributed by atoms with Gasteiger partial charge in [-0.2, -0.15) is 0 Å². The number of benzene rings is 1. The topological polar surface area (TPSA) is 41.1 Å². The van der Waals surface area contributed by atoms with Crippen LogP contribution in [0.1, 0.15) is 22.7 Å². The fourth-order valence-corrected chi connectivity index (χ4v) is 2.94. The van der Waals surface area contributed by atoms with Crippen LogP contribution in [0.3, 0.4) is 0 Å². The quantitative estimate of drug-likeness (QED) is 0.849. The summed E-state index contributed by atoms with van der Waals surface area (Å²) in [7, 11) is 0. The number of halogens is 1. The summed E-state index contributed by atoms with van der Waals surface area (Å²) >= 11 is 5.12. The van der Waals surface area contributed by atoms with E-state index >= 15 is 0 Å². The zero-order valence-electron chi connectivity index (χ0n) is 11.4. The Kier molecular flexibility index (Phi) is 5.34. The van der Waals surface area contributed by atoms with Gasteiger partial charge in [-0.1, -0.05) is 15.9 Å². The van der Waals surface area contributed by atoms with E-state index in [1.165, 1.54) is 9.75 Å². The Morgan fingerprint density at radius 3 is 2.55 bits per heavy atom. The van der Waals surface area contributed by atoms with Crippen LogP contribution >= 0.6 is 27.3 Å². The van der Waals surface area contributed by atoms with Crippen LogP contribution in [0.4, 0.5) is 5.69 Å². The number of anilines is 1. The van der Waals surface area contributed by atoms with E-state index in [-0.39, 0.29) is 11.9 Å². The van der Waals surface area contributed by atoms with Crippen molar-refractivity contribution in [3.8, 4) is 0 Å². The third-order valence-corrected chi connectivity index (χ3v) is 4.60. The maximum Gasteiger partial charge on any atom is 0.238 e. The summed E-state index contributed by atoms with van der Waals surface area (Å²) in [6, 6.07) is 11.9. The monoisotopic (exact) mass is 352 g/mol. The number of aryl methyl sites for hydroxylation is 1. The van der Waals surface area contributed by atoms with Gasteiger partial charge in [0, 0.05) is 26.0 Å². The van der Waals surface area contributed by atoms with Crippen molar-refractivity contribution in [1.29, 1.82) is 0 Å². The number of hydrogen-bond acceptors (Lipinski definition) is 3. The van der Waals surface area contributed by atoms with Crippen molar-refractivity contribution in [2.24, 2.45) is 0 Å². The molecule has 0 saturated heterocycles. The molecule has 0 fully saturated rings. The molecule has 5 heteroatoms. The highest BCUT2D eigenvalue weighted by molar-refractivity contribution is 9.10. The molecule has 2 rings (SSSR count). The van der Waals surface area contributed by atoms with Gasteiger partial charge >= 0.3 is 0 Å². The second-order valence-electron chi connectivity index (χ2n) is 4.61. The molecule has 1 heterocycles. The molecule has 0 aliphatic rings. The van der Waals surface area contributed by atoms with Gasteiger partial charge in [0.25, 0.3) is 0 Å². The van der Waals surface area contributed by atoms with Crippen molar-refractivity contribution in [3.63, 3.8) is 0 Å². The Hall–Kier alpha value is -1.17. The molecule has 0 aliphatic carbocycles. The molecule has 20 heavy (non-hydrogen) atoms. The Balaban J connectivity index is 1.81. The van der Waals surface area contributed by atoms with Gasteiger partial charge in [0.05, 0.1) is 6.54 Å². The summed E-state index contributed by atoms with van der Waals surface area (Å²) in [4.78, 5) is 14.4. The van der Waals surface area contributed by atoms with Crippen molar-refractivity contribution in [2.45, 2.75) is 19.9 Å². The first-order chi connectivity index (χ1) is 9.54. The number of nitrogens with one attached hydrogen (secondary N) is 2. The molecule has 1 atom stereocenters. The number of hydrogen-bond donors (Lipinski definition) is 2. The van der Waals surface area contributed by atoms with Gasteiger partial charge in [-0.05, 0) is 50.2 Å². The minimum Gasteiger partial charge on any atom is -0.325 e. The Labute approximate surface area is 131 Å². The van der Waals surface area contributed by atoms with Gasteiger partial charge in [-0.3, -0.25) is 4.79 Å². The molecule has 3 nitrogen and oxygen atoms in total. The summed E-state index contributed by atoms with van der Waals surface area (Å²) in [6.07, 6.45) is 0. The lowest BCUT2D eigenvalue weighted by Gasteiger charge is -2.12. The molecule has 1 aromatic carbocycles. The second-order valence-corrected chi connectivity index (χ2v) is 6.84. The Morgan fingerprint density at radius 2 is 1.95 bits per heavy atom. The smallest absolute Gasteiger partial charge is 0.238 e. The first kappa shape index (κ1) is 15.2. The highest BCUT2D eigenvalue weighted by atomic mass is 79.9. The summed E-state index contributed by atoms with van der Waals surface area (Å²) in [5.74, 6) is -0.0348.